The molecule has 1 aromatic carbocycles. The number of carbonyl (C=O) groups excluding carboxylic acids is 1. The zero-order chi connectivity index (χ0) is 23.9. The van der Waals surface area contributed by atoms with Crippen LogP contribution < -0.4 is 14.8 Å². The summed E-state index contributed by atoms with van der Waals surface area (Å²) >= 11 is 8.11. The van der Waals surface area contributed by atoms with E-state index in [1.54, 1.807) is 29.7 Å². The molecule has 9 heteroatoms. The number of benzene rings is 1. The number of hydrogen-bond acceptors (Lipinski definition) is 6. The first kappa shape index (κ1) is 23.1. The van der Waals surface area contributed by atoms with Crippen molar-refractivity contribution in [2.24, 2.45) is 0 Å². The fourth-order valence-electron chi connectivity index (χ4n) is 3.75. The average molecular weight is 485 g/mol. The number of anilines is 1. The van der Waals surface area contributed by atoms with Crippen molar-refractivity contribution in [3.05, 3.63) is 50.8 Å². The zero-order valence-corrected chi connectivity index (χ0v) is 20.9. The van der Waals surface area contributed by atoms with Gasteiger partial charge >= 0.3 is 0 Å². The van der Waals surface area contributed by atoms with Crippen LogP contribution in [0.2, 0.25) is 5.02 Å². The second kappa shape index (κ2) is 9.03. The van der Waals surface area contributed by atoms with Crippen LogP contribution in [0.3, 0.4) is 0 Å². The third-order valence-corrected chi connectivity index (χ3v) is 6.62. The fraction of sp³-hybridized carbons (Fsp3) is 0.292. The number of halogens is 1. The third kappa shape index (κ3) is 4.28. The lowest BCUT2D eigenvalue weighted by Crippen LogP contribution is -2.14. The third-order valence-electron chi connectivity index (χ3n) is 5.34. The Morgan fingerprint density at radius 1 is 1.12 bits per heavy atom. The van der Waals surface area contributed by atoms with Crippen LogP contribution >= 0.6 is 22.9 Å². The average Bonchev–Trinajstić information content (AvgIpc) is 3.36. The van der Waals surface area contributed by atoms with E-state index in [0.717, 1.165) is 16.1 Å². The molecule has 0 spiro atoms. The molecular weight excluding hydrogens is 460 g/mol. The lowest BCUT2D eigenvalue weighted by Gasteiger charge is -2.14. The Bertz CT molecular complexity index is 1360. The Hall–Kier alpha value is -3.10. The first-order valence-electron chi connectivity index (χ1n) is 10.4. The Morgan fingerprint density at radius 2 is 1.82 bits per heavy atom. The molecular formula is C24H25ClN4O3S. The van der Waals surface area contributed by atoms with Gasteiger partial charge < -0.3 is 14.8 Å². The number of thiophene rings is 1. The van der Waals surface area contributed by atoms with Gasteiger partial charge in [0.2, 0.25) is 0 Å². The molecule has 33 heavy (non-hydrogen) atoms. The highest BCUT2D eigenvalue weighted by molar-refractivity contribution is 7.12. The first-order chi connectivity index (χ1) is 15.7. The van der Waals surface area contributed by atoms with E-state index in [-0.39, 0.29) is 11.9 Å². The van der Waals surface area contributed by atoms with E-state index in [1.807, 2.05) is 24.6 Å². The SMILES string of the molecule is COc1cc(Cl)c(NC(=O)c2cc(-c3cc(C)sc3C)nc3c2cnn3C(C)C)cc1OC. The molecule has 0 aliphatic carbocycles. The number of methoxy groups -OCH3 is 2. The summed E-state index contributed by atoms with van der Waals surface area (Å²) in [6.07, 6.45) is 1.68. The fourth-order valence-corrected chi connectivity index (χ4v) is 4.88. The van der Waals surface area contributed by atoms with Crippen molar-refractivity contribution in [1.82, 2.24) is 14.8 Å². The number of fused-ring (bicyclic) bond motifs is 1. The number of amides is 1. The van der Waals surface area contributed by atoms with E-state index in [4.69, 9.17) is 26.1 Å². The maximum atomic E-state index is 13.5. The predicted octanol–water partition coefficient (Wildman–Crippen LogP) is 6.28. The summed E-state index contributed by atoms with van der Waals surface area (Å²) in [7, 11) is 3.06. The predicted molar refractivity (Wildman–Crippen MR) is 133 cm³/mol. The highest BCUT2D eigenvalue weighted by Gasteiger charge is 2.21. The first-order valence-corrected chi connectivity index (χ1v) is 11.6. The van der Waals surface area contributed by atoms with Gasteiger partial charge in [0, 0.05) is 33.5 Å². The number of aromatic nitrogens is 3. The number of carbonyl (C=O) groups is 1. The van der Waals surface area contributed by atoms with E-state index in [1.165, 1.54) is 19.1 Å². The minimum absolute atomic E-state index is 0.0896. The summed E-state index contributed by atoms with van der Waals surface area (Å²) in [4.78, 5) is 20.7. The van der Waals surface area contributed by atoms with Crippen LogP contribution in [0.1, 0.15) is 40.0 Å². The maximum absolute atomic E-state index is 13.5. The van der Waals surface area contributed by atoms with Crippen molar-refractivity contribution in [2.45, 2.75) is 33.7 Å². The molecule has 1 amide bonds. The lowest BCUT2D eigenvalue weighted by atomic mass is 10.1. The van der Waals surface area contributed by atoms with Crippen LogP contribution in [0.5, 0.6) is 11.5 Å². The van der Waals surface area contributed by atoms with Crippen molar-refractivity contribution in [1.29, 1.82) is 0 Å². The van der Waals surface area contributed by atoms with Crippen molar-refractivity contribution < 1.29 is 14.3 Å². The van der Waals surface area contributed by atoms with Gasteiger partial charge in [-0.15, -0.1) is 11.3 Å². The van der Waals surface area contributed by atoms with Gasteiger partial charge in [0.1, 0.15) is 0 Å². The number of hydrogen-bond donors (Lipinski definition) is 1. The molecule has 4 rings (SSSR count). The molecule has 0 aliphatic rings. The number of rotatable bonds is 6. The topological polar surface area (TPSA) is 78.3 Å². The summed E-state index contributed by atoms with van der Waals surface area (Å²) < 4.78 is 12.5. The zero-order valence-electron chi connectivity index (χ0n) is 19.3. The minimum Gasteiger partial charge on any atom is -0.493 e. The minimum atomic E-state index is -0.314. The van der Waals surface area contributed by atoms with E-state index in [9.17, 15) is 4.79 Å². The van der Waals surface area contributed by atoms with Gasteiger partial charge in [-0.25, -0.2) is 9.67 Å². The summed E-state index contributed by atoms with van der Waals surface area (Å²) in [5, 5.41) is 8.42. The number of pyridine rings is 1. The Labute approximate surface area is 201 Å². The molecule has 0 radical (unpaired) electrons. The Balaban J connectivity index is 1.84. The summed E-state index contributed by atoms with van der Waals surface area (Å²) in [5.41, 5.74) is 3.29. The molecule has 3 aromatic heterocycles. The highest BCUT2D eigenvalue weighted by atomic mass is 35.5. The quantitative estimate of drug-likeness (QED) is 0.348. The monoisotopic (exact) mass is 484 g/mol. The molecule has 3 heterocycles. The number of nitrogens with zero attached hydrogens (tertiary/aromatic N) is 3. The molecule has 0 atom stereocenters. The summed E-state index contributed by atoms with van der Waals surface area (Å²) in [6, 6.07) is 7.25. The van der Waals surface area contributed by atoms with Gasteiger partial charge in [0.15, 0.2) is 17.1 Å². The lowest BCUT2D eigenvalue weighted by molar-refractivity contribution is 0.102. The van der Waals surface area contributed by atoms with Crippen LogP contribution in [0, 0.1) is 13.8 Å². The van der Waals surface area contributed by atoms with E-state index in [2.05, 4.69) is 30.3 Å². The molecule has 0 saturated heterocycles. The number of nitrogens with one attached hydrogen (secondary N) is 1. The van der Waals surface area contributed by atoms with E-state index >= 15 is 0 Å². The van der Waals surface area contributed by atoms with Crippen LogP contribution in [-0.4, -0.2) is 34.9 Å². The molecule has 7 nitrogen and oxygen atoms in total. The Kier molecular flexibility index (Phi) is 6.32. The van der Waals surface area contributed by atoms with Crippen LogP contribution in [-0.2, 0) is 0 Å². The molecule has 0 saturated carbocycles. The van der Waals surface area contributed by atoms with Gasteiger partial charge in [-0.2, -0.15) is 5.10 Å². The molecule has 0 aliphatic heterocycles. The molecule has 172 valence electrons. The van der Waals surface area contributed by atoms with Gasteiger partial charge in [-0.1, -0.05) is 11.6 Å². The molecule has 4 aromatic rings. The van der Waals surface area contributed by atoms with Gasteiger partial charge in [0.25, 0.3) is 5.91 Å². The van der Waals surface area contributed by atoms with Crippen molar-refractivity contribution in [3.63, 3.8) is 0 Å². The molecule has 0 fully saturated rings. The van der Waals surface area contributed by atoms with Crippen LogP contribution in [0.15, 0.2) is 30.5 Å². The summed E-state index contributed by atoms with van der Waals surface area (Å²) in [6.45, 7) is 8.18. The highest BCUT2D eigenvalue weighted by Crippen LogP contribution is 2.37. The molecule has 0 bridgehead atoms. The standard InChI is InChI=1S/C24H25ClN4O3S/c1-12(2)29-23-17(11-26-29)16(8-19(27-23)15-7-13(3)33-14(15)4)24(30)28-20-10-22(32-6)21(31-5)9-18(20)25/h7-12H,1-6H3,(H,28,30). The second-order valence-corrected chi connectivity index (χ2v) is 9.81. The van der Waals surface area contributed by atoms with Gasteiger partial charge in [-0.05, 0) is 39.8 Å². The molecule has 1 N–H and O–H groups in total. The van der Waals surface area contributed by atoms with E-state index < -0.39 is 0 Å². The van der Waals surface area contributed by atoms with Crippen LogP contribution in [0.25, 0.3) is 22.3 Å². The maximum Gasteiger partial charge on any atom is 0.256 e. The second-order valence-electron chi connectivity index (χ2n) is 7.94. The number of aryl methyl sites for hydroxylation is 2. The summed E-state index contributed by atoms with van der Waals surface area (Å²) in [5.74, 6) is 0.635. The molecule has 0 unspecified atom stereocenters. The smallest absolute Gasteiger partial charge is 0.256 e. The van der Waals surface area contributed by atoms with Crippen molar-refractivity contribution in [3.8, 4) is 22.8 Å². The number of ether oxygens (including phenoxy) is 2. The van der Waals surface area contributed by atoms with Gasteiger partial charge in [-0.3, -0.25) is 4.79 Å². The van der Waals surface area contributed by atoms with Crippen molar-refractivity contribution in [2.75, 3.05) is 19.5 Å². The van der Waals surface area contributed by atoms with Gasteiger partial charge in [0.05, 0.1) is 47.8 Å². The van der Waals surface area contributed by atoms with E-state index in [0.29, 0.717) is 38.8 Å². The Morgan fingerprint density at radius 3 is 2.42 bits per heavy atom. The largest absolute Gasteiger partial charge is 0.493 e. The normalized spacial score (nSPS) is 11.3. The van der Waals surface area contributed by atoms with Crippen LogP contribution in [0.4, 0.5) is 5.69 Å². The van der Waals surface area contributed by atoms with Crippen molar-refractivity contribution >= 4 is 45.6 Å².